The van der Waals surface area contributed by atoms with Crippen molar-refractivity contribution in [3.05, 3.63) is 75.1 Å². The van der Waals surface area contributed by atoms with Gasteiger partial charge in [0, 0.05) is 81.3 Å². The molecule has 1 saturated heterocycles. The number of anilines is 1. The second kappa shape index (κ2) is 9.29. The number of nitrogens with zero attached hydrogens (tertiary/aromatic N) is 2. The van der Waals surface area contributed by atoms with Gasteiger partial charge in [0.15, 0.2) is 6.04 Å². The van der Waals surface area contributed by atoms with E-state index in [9.17, 15) is 21.4 Å². The normalized spacial score (nSPS) is 22.8. The van der Waals surface area contributed by atoms with Gasteiger partial charge in [-0.3, -0.25) is 0 Å². The first-order valence-corrected chi connectivity index (χ1v) is 18.3. The molecule has 5 aliphatic heterocycles. The highest BCUT2D eigenvalue weighted by Crippen LogP contribution is 2.54. The Morgan fingerprint density at radius 3 is 2.57 bits per heavy atom. The van der Waals surface area contributed by atoms with Crippen LogP contribution in [-0.2, 0) is 32.0 Å². The van der Waals surface area contributed by atoms with Gasteiger partial charge in [-0.1, -0.05) is 6.07 Å². The van der Waals surface area contributed by atoms with Crippen LogP contribution in [0.2, 0.25) is 0 Å². The molecule has 5 heterocycles. The average molecular weight is 625 g/mol. The molecule has 1 fully saturated rings. The highest BCUT2D eigenvalue weighted by Gasteiger charge is 2.44. The van der Waals surface area contributed by atoms with Crippen molar-refractivity contribution in [1.82, 2.24) is 0 Å². The number of halogens is 1. The van der Waals surface area contributed by atoms with E-state index >= 15 is 0 Å². The number of allylic oxidation sites excluding steroid dienone is 1. The molecule has 0 bridgehead atoms. The van der Waals surface area contributed by atoms with E-state index in [0.29, 0.717) is 5.57 Å². The monoisotopic (exact) mass is 624 g/mol. The third kappa shape index (κ3) is 3.98. The van der Waals surface area contributed by atoms with Crippen LogP contribution in [-0.4, -0.2) is 57.9 Å². The highest BCUT2D eigenvalue weighted by atomic mass is 35.7. The van der Waals surface area contributed by atoms with Crippen LogP contribution >= 0.6 is 10.7 Å². The SMILES string of the molecule is O=S(=O)([O-])c1cc(S(=O)(=O)Cl)ccc1C1=C2C=C3CCC=[N+]4CCCC(=C2Oc2c1cc1c5c2CCCN5CCC1)C34. The van der Waals surface area contributed by atoms with E-state index in [-0.39, 0.29) is 11.6 Å². The van der Waals surface area contributed by atoms with Gasteiger partial charge >= 0.3 is 0 Å². The zero-order chi connectivity index (χ0) is 29.0. The van der Waals surface area contributed by atoms with E-state index in [1.165, 1.54) is 34.5 Å². The summed E-state index contributed by atoms with van der Waals surface area (Å²) in [5.41, 5.74) is 8.25. The van der Waals surface area contributed by atoms with Crippen LogP contribution in [0.5, 0.6) is 5.75 Å². The lowest BCUT2D eigenvalue weighted by atomic mass is 9.75. The zero-order valence-corrected chi connectivity index (χ0v) is 25.2. The van der Waals surface area contributed by atoms with Gasteiger partial charge in [-0.25, -0.2) is 21.4 Å². The topological polar surface area (TPSA) is 107 Å². The molecule has 8 rings (SSSR count). The Morgan fingerprint density at radius 2 is 1.79 bits per heavy atom. The van der Waals surface area contributed by atoms with Crippen molar-refractivity contribution in [2.24, 2.45) is 0 Å². The maximum absolute atomic E-state index is 12.8. The molecule has 11 heteroatoms. The molecule has 0 radical (unpaired) electrons. The third-order valence-corrected chi connectivity index (χ3v) is 11.8. The summed E-state index contributed by atoms with van der Waals surface area (Å²) in [6, 6.07) is 5.82. The molecule has 1 aliphatic carbocycles. The number of ether oxygens (including phenoxy) is 1. The van der Waals surface area contributed by atoms with Crippen molar-refractivity contribution < 1.29 is 30.7 Å². The summed E-state index contributed by atoms with van der Waals surface area (Å²) < 4.78 is 72.0. The van der Waals surface area contributed by atoms with Gasteiger partial charge < -0.3 is 14.2 Å². The fourth-order valence-electron chi connectivity index (χ4n) is 7.94. The zero-order valence-electron chi connectivity index (χ0n) is 22.9. The van der Waals surface area contributed by atoms with Gasteiger partial charge in [-0.15, -0.1) is 0 Å². The lowest BCUT2D eigenvalue weighted by Crippen LogP contribution is -2.41. The van der Waals surface area contributed by atoms with Crippen LogP contribution < -0.4 is 9.64 Å². The van der Waals surface area contributed by atoms with Gasteiger partial charge in [-0.05, 0) is 68.4 Å². The van der Waals surface area contributed by atoms with Gasteiger partial charge in [0.05, 0.1) is 9.79 Å². The number of aryl methyl sites for hydroxylation is 1. The Kier molecular flexibility index (Phi) is 5.90. The summed E-state index contributed by atoms with van der Waals surface area (Å²) in [5.74, 6) is 1.46. The summed E-state index contributed by atoms with van der Waals surface area (Å²) in [5, 5.41) is 0. The van der Waals surface area contributed by atoms with Gasteiger partial charge in [-0.2, -0.15) is 0 Å². The number of benzene rings is 2. The largest absolute Gasteiger partial charge is 0.744 e. The molecule has 0 amide bonds. The summed E-state index contributed by atoms with van der Waals surface area (Å²) in [6.45, 7) is 2.96. The minimum Gasteiger partial charge on any atom is -0.744 e. The van der Waals surface area contributed by atoms with Crippen molar-refractivity contribution in [3.8, 4) is 5.75 Å². The highest BCUT2D eigenvalue weighted by molar-refractivity contribution is 8.13. The van der Waals surface area contributed by atoms with Gasteiger partial charge in [0.1, 0.15) is 34.4 Å². The Labute approximate surface area is 249 Å². The first kappa shape index (κ1) is 26.7. The van der Waals surface area contributed by atoms with Gasteiger partial charge in [0.25, 0.3) is 9.05 Å². The number of piperidine rings is 1. The number of hydrogen-bond donors (Lipinski definition) is 0. The number of fused-ring (bicyclic) bond motifs is 3. The smallest absolute Gasteiger partial charge is 0.261 e. The molecular formula is C31H29ClN2O6S2. The second-order valence-corrected chi connectivity index (χ2v) is 15.8. The Balaban J connectivity index is 1.49. The van der Waals surface area contributed by atoms with Crippen molar-refractivity contribution in [1.29, 1.82) is 0 Å². The summed E-state index contributed by atoms with van der Waals surface area (Å²) in [6.07, 6.45) is 11.8. The van der Waals surface area contributed by atoms with E-state index in [4.69, 9.17) is 15.4 Å². The van der Waals surface area contributed by atoms with Crippen molar-refractivity contribution in [2.75, 3.05) is 24.5 Å². The molecule has 218 valence electrons. The standard InChI is InChI=1S/C31H29ClN2O6S2/c32-41(35,36)20-9-10-21(26(17-20)42(37,38)39)27-24-15-18-5-1-11-33-13-3-7-22(28(18)33)30(24)40-31-23-8-4-14-34-12-2-6-19(29(23)34)16-25(27)31/h9-11,15-17,28H,1-8,12-14H2. The molecule has 0 saturated carbocycles. The first-order chi connectivity index (χ1) is 20.1. The second-order valence-electron chi connectivity index (χ2n) is 11.9. The van der Waals surface area contributed by atoms with E-state index in [0.717, 1.165) is 105 Å². The molecule has 2 aromatic rings. The van der Waals surface area contributed by atoms with Crippen LogP contribution in [0.25, 0.3) is 5.57 Å². The number of hydrogen-bond acceptors (Lipinski definition) is 7. The fraction of sp³-hybridized carbons (Fsp3) is 0.387. The van der Waals surface area contributed by atoms with Crippen LogP contribution in [0.15, 0.2) is 62.6 Å². The Morgan fingerprint density at radius 1 is 0.976 bits per heavy atom. The predicted octanol–water partition coefficient (Wildman–Crippen LogP) is 4.64. The van der Waals surface area contributed by atoms with E-state index in [1.807, 2.05) is 0 Å². The quantitative estimate of drug-likeness (QED) is 0.278. The Bertz CT molecular complexity index is 1950. The van der Waals surface area contributed by atoms with E-state index in [1.54, 1.807) is 0 Å². The van der Waals surface area contributed by atoms with Crippen molar-refractivity contribution in [3.63, 3.8) is 0 Å². The fourth-order valence-corrected chi connectivity index (χ4v) is 9.51. The number of rotatable bonds is 3. The van der Waals surface area contributed by atoms with Crippen LogP contribution in [0.4, 0.5) is 5.69 Å². The lowest BCUT2D eigenvalue weighted by Gasteiger charge is -2.41. The molecule has 8 nitrogen and oxygen atoms in total. The molecule has 0 N–H and O–H groups in total. The molecule has 1 atom stereocenters. The van der Waals surface area contributed by atoms with Crippen LogP contribution in [0, 0.1) is 0 Å². The minimum absolute atomic E-state index is 0.117. The third-order valence-electron chi connectivity index (χ3n) is 9.53. The lowest BCUT2D eigenvalue weighted by molar-refractivity contribution is -0.555. The van der Waals surface area contributed by atoms with E-state index < -0.39 is 29.0 Å². The summed E-state index contributed by atoms with van der Waals surface area (Å²) in [4.78, 5) is 1.41. The molecule has 2 aromatic carbocycles. The van der Waals surface area contributed by atoms with Gasteiger partial charge in [0.2, 0.25) is 0 Å². The Hall–Kier alpha value is -2.92. The molecule has 0 aromatic heterocycles. The summed E-state index contributed by atoms with van der Waals surface area (Å²) >= 11 is 0. The predicted molar refractivity (Wildman–Crippen MR) is 158 cm³/mol. The average Bonchev–Trinajstić information content (AvgIpc) is 2.96. The van der Waals surface area contributed by atoms with E-state index in [2.05, 4.69) is 27.8 Å². The van der Waals surface area contributed by atoms with Crippen LogP contribution in [0.3, 0.4) is 0 Å². The summed E-state index contributed by atoms with van der Waals surface area (Å²) in [7, 11) is -3.76. The minimum atomic E-state index is -5.08. The van der Waals surface area contributed by atoms with Crippen LogP contribution in [0.1, 0.15) is 60.8 Å². The molecule has 0 spiro atoms. The molecule has 6 aliphatic rings. The maximum Gasteiger partial charge on any atom is 0.261 e. The molecule has 42 heavy (non-hydrogen) atoms. The first-order valence-electron chi connectivity index (χ1n) is 14.5. The molecule has 1 unspecified atom stereocenters. The molecular weight excluding hydrogens is 596 g/mol. The van der Waals surface area contributed by atoms with Crippen molar-refractivity contribution >= 4 is 47.3 Å². The maximum atomic E-state index is 12.8. The van der Waals surface area contributed by atoms with Crippen molar-refractivity contribution in [2.45, 2.75) is 67.2 Å².